The molecule has 7 nitrogen and oxygen atoms in total. The lowest BCUT2D eigenvalue weighted by Gasteiger charge is -2.15. The number of aromatic nitrogens is 2. The average molecular weight is 413 g/mol. The molecule has 0 amide bonds. The van der Waals surface area contributed by atoms with E-state index >= 15 is 0 Å². The van der Waals surface area contributed by atoms with Crippen LogP contribution in [0.5, 0.6) is 0 Å². The summed E-state index contributed by atoms with van der Waals surface area (Å²) in [6, 6.07) is 6.81. The molecule has 0 spiro atoms. The van der Waals surface area contributed by atoms with Gasteiger partial charge in [0.15, 0.2) is 0 Å². The van der Waals surface area contributed by atoms with Gasteiger partial charge in [-0.25, -0.2) is 8.42 Å². The highest BCUT2D eigenvalue weighted by molar-refractivity contribution is 7.89. The summed E-state index contributed by atoms with van der Waals surface area (Å²) in [6.45, 7) is 0. The van der Waals surface area contributed by atoms with Crippen molar-refractivity contribution in [3.05, 3.63) is 60.0 Å². The smallest absolute Gasteiger partial charge is 0.433 e. The Kier molecular flexibility index (Phi) is 5.13. The van der Waals surface area contributed by atoms with Gasteiger partial charge in [0.1, 0.15) is 16.6 Å². The zero-order valence-electron chi connectivity index (χ0n) is 14.1. The molecule has 0 aliphatic carbocycles. The monoisotopic (exact) mass is 413 g/mol. The fraction of sp³-hybridized carbons (Fsp3) is 0.176. The minimum Gasteiger partial charge on any atom is -0.480 e. The highest BCUT2D eigenvalue weighted by Gasteiger charge is 2.33. The number of hydrogen-bond acceptors (Lipinski definition) is 4. The lowest BCUT2D eigenvalue weighted by Crippen LogP contribution is -2.42. The number of halogens is 3. The fourth-order valence-electron chi connectivity index (χ4n) is 2.66. The number of sulfonamides is 1. The predicted molar refractivity (Wildman–Crippen MR) is 93.0 cm³/mol. The van der Waals surface area contributed by atoms with Crippen molar-refractivity contribution in [1.29, 1.82) is 0 Å². The van der Waals surface area contributed by atoms with E-state index in [9.17, 15) is 31.5 Å². The molecule has 28 heavy (non-hydrogen) atoms. The molecule has 3 rings (SSSR count). The molecule has 2 heterocycles. The van der Waals surface area contributed by atoms with E-state index in [1.165, 1.54) is 0 Å². The summed E-state index contributed by atoms with van der Waals surface area (Å²) in [5.41, 5.74) is 0.0905. The number of benzene rings is 1. The predicted octanol–water partition coefficient (Wildman–Crippen LogP) is 2.56. The van der Waals surface area contributed by atoms with Crippen LogP contribution in [-0.2, 0) is 27.4 Å². The van der Waals surface area contributed by atoms with Gasteiger partial charge in [-0.05, 0) is 23.8 Å². The molecule has 2 aromatic heterocycles. The molecule has 1 atom stereocenters. The Morgan fingerprint density at radius 2 is 1.93 bits per heavy atom. The first-order valence-corrected chi connectivity index (χ1v) is 9.39. The van der Waals surface area contributed by atoms with Crippen molar-refractivity contribution in [2.24, 2.45) is 0 Å². The molecule has 0 aliphatic heterocycles. The zero-order valence-corrected chi connectivity index (χ0v) is 14.9. The van der Waals surface area contributed by atoms with Gasteiger partial charge in [-0.3, -0.25) is 9.78 Å². The molecule has 0 fully saturated rings. The van der Waals surface area contributed by atoms with Crippen LogP contribution in [0.2, 0.25) is 0 Å². The molecular formula is C17H14F3N3O4S. The summed E-state index contributed by atoms with van der Waals surface area (Å²) < 4.78 is 64.5. The van der Waals surface area contributed by atoms with Crippen molar-refractivity contribution in [3.8, 4) is 0 Å². The highest BCUT2D eigenvalue weighted by atomic mass is 32.2. The summed E-state index contributed by atoms with van der Waals surface area (Å²) in [7, 11) is -4.39. The number of H-pyrrole nitrogens is 1. The Bertz CT molecular complexity index is 1110. The first kappa shape index (κ1) is 19.8. The van der Waals surface area contributed by atoms with Crippen molar-refractivity contribution in [2.75, 3.05) is 0 Å². The Hall–Kier alpha value is -2.92. The number of aliphatic carboxylic acids is 1. The van der Waals surface area contributed by atoms with Crippen LogP contribution in [0.3, 0.4) is 0 Å². The van der Waals surface area contributed by atoms with Crippen LogP contribution in [0.1, 0.15) is 11.3 Å². The van der Waals surface area contributed by atoms with Crippen molar-refractivity contribution in [2.45, 2.75) is 23.5 Å². The third-order valence-corrected chi connectivity index (χ3v) is 5.49. The molecule has 148 valence electrons. The fourth-order valence-corrected chi connectivity index (χ4v) is 3.80. The van der Waals surface area contributed by atoms with E-state index in [2.05, 4.69) is 9.97 Å². The highest BCUT2D eigenvalue weighted by Crippen LogP contribution is 2.27. The topological polar surface area (TPSA) is 112 Å². The quantitative estimate of drug-likeness (QED) is 0.575. The maximum absolute atomic E-state index is 12.6. The number of fused-ring (bicyclic) bond motifs is 1. The van der Waals surface area contributed by atoms with Crippen LogP contribution in [-0.4, -0.2) is 35.5 Å². The zero-order chi connectivity index (χ0) is 20.5. The van der Waals surface area contributed by atoms with Gasteiger partial charge in [-0.1, -0.05) is 18.2 Å². The van der Waals surface area contributed by atoms with Crippen molar-refractivity contribution in [3.63, 3.8) is 0 Å². The summed E-state index contributed by atoms with van der Waals surface area (Å²) in [5, 5.41) is 10.1. The molecule has 0 saturated carbocycles. The number of carboxylic acids is 1. The summed E-state index contributed by atoms with van der Waals surface area (Å²) >= 11 is 0. The molecular weight excluding hydrogens is 399 g/mol. The van der Waals surface area contributed by atoms with Crippen LogP contribution < -0.4 is 4.72 Å². The second-order valence-corrected chi connectivity index (χ2v) is 7.67. The SMILES string of the molecule is O=C(O)C(Cc1c[nH]c2ccccc12)NS(=O)(=O)c1ccc(C(F)(F)F)nc1. The van der Waals surface area contributed by atoms with Crippen LogP contribution in [0.4, 0.5) is 13.2 Å². The van der Waals surface area contributed by atoms with E-state index in [0.29, 0.717) is 17.8 Å². The van der Waals surface area contributed by atoms with E-state index in [0.717, 1.165) is 17.0 Å². The number of alkyl halides is 3. The minimum atomic E-state index is -4.71. The molecule has 3 N–H and O–H groups in total. The van der Waals surface area contributed by atoms with Crippen molar-refractivity contribution in [1.82, 2.24) is 14.7 Å². The van der Waals surface area contributed by atoms with Gasteiger partial charge in [-0.15, -0.1) is 0 Å². The number of rotatable bonds is 6. The average Bonchev–Trinajstić information content (AvgIpc) is 3.03. The van der Waals surface area contributed by atoms with Crippen LogP contribution >= 0.6 is 0 Å². The van der Waals surface area contributed by atoms with Gasteiger partial charge in [0.05, 0.1) is 0 Å². The minimum absolute atomic E-state index is 0.160. The maximum atomic E-state index is 12.6. The standard InChI is InChI=1S/C17H14F3N3O4S/c18-17(19,20)15-6-5-11(9-22-15)28(26,27)23-14(16(24)25)7-10-8-21-13-4-2-1-3-12(10)13/h1-6,8-9,14,21,23H,7H2,(H,24,25). The van der Waals surface area contributed by atoms with Crippen LogP contribution in [0.25, 0.3) is 10.9 Å². The number of nitrogens with one attached hydrogen (secondary N) is 2. The Morgan fingerprint density at radius 3 is 2.54 bits per heavy atom. The number of hydrogen-bond donors (Lipinski definition) is 3. The normalized spacial score (nSPS) is 13.5. The van der Waals surface area contributed by atoms with Crippen molar-refractivity contribution < 1.29 is 31.5 Å². The van der Waals surface area contributed by atoms with E-state index in [-0.39, 0.29) is 6.42 Å². The van der Waals surface area contributed by atoms with Gasteiger partial charge in [0.25, 0.3) is 0 Å². The second kappa shape index (κ2) is 7.24. The number of para-hydroxylation sites is 1. The number of pyridine rings is 1. The first-order chi connectivity index (χ1) is 13.1. The van der Waals surface area contributed by atoms with Gasteiger partial charge >= 0.3 is 12.1 Å². The van der Waals surface area contributed by atoms with Gasteiger partial charge in [0, 0.05) is 29.7 Å². The third kappa shape index (κ3) is 4.15. The third-order valence-electron chi connectivity index (χ3n) is 4.03. The van der Waals surface area contributed by atoms with E-state index in [1.54, 1.807) is 30.5 Å². The lowest BCUT2D eigenvalue weighted by atomic mass is 10.1. The van der Waals surface area contributed by atoms with Gasteiger partial charge < -0.3 is 10.1 Å². The van der Waals surface area contributed by atoms with E-state index in [1.807, 2.05) is 4.72 Å². The number of nitrogens with zero attached hydrogens (tertiary/aromatic N) is 1. The molecule has 1 aromatic carbocycles. The van der Waals surface area contributed by atoms with Crippen LogP contribution in [0.15, 0.2) is 53.7 Å². The molecule has 0 radical (unpaired) electrons. The number of carbonyl (C=O) groups is 1. The van der Waals surface area contributed by atoms with E-state index in [4.69, 9.17) is 0 Å². The summed E-state index contributed by atoms with van der Waals surface area (Å²) in [4.78, 5) is 17.0. The van der Waals surface area contributed by atoms with Crippen LogP contribution in [0, 0.1) is 0 Å². The molecule has 0 aliphatic rings. The lowest BCUT2D eigenvalue weighted by molar-refractivity contribution is -0.141. The van der Waals surface area contributed by atoms with Gasteiger partial charge in [-0.2, -0.15) is 17.9 Å². The number of aromatic amines is 1. The Labute approximate surface area is 157 Å². The molecule has 0 bridgehead atoms. The Balaban J connectivity index is 1.84. The largest absolute Gasteiger partial charge is 0.480 e. The van der Waals surface area contributed by atoms with E-state index < -0.39 is 38.8 Å². The molecule has 3 aromatic rings. The van der Waals surface area contributed by atoms with Gasteiger partial charge in [0.2, 0.25) is 10.0 Å². The first-order valence-electron chi connectivity index (χ1n) is 7.91. The molecule has 0 saturated heterocycles. The molecule has 1 unspecified atom stereocenters. The van der Waals surface area contributed by atoms with Crippen molar-refractivity contribution >= 4 is 26.9 Å². The summed E-state index contributed by atoms with van der Waals surface area (Å²) in [6.07, 6.45) is -2.76. The summed E-state index contributed by atoms with van der Waals surface area (Å²) in [5.74, 6) is -1.42. The second-order valence-electron chi connectivity index (χ2n) is 5.95. The molecule has 11 heteroatoms. The maximum Gasteiger partial charge on any atom is 0.433 e. The Morgan fingerprint density at radius 1 is 1.21 bits per heavy atom. The number of carboxylic acid groups (broad SMARTS) is 1.